The predicted octanol–water partition coefficient (Wildman–Crippen LogP) is 1.65. The molecule has 0 spiro atoms. The third-order valence-corrected chi connectivity index (χ3v) is 5.35. The number of anilines is 1. The molecule has 3 heterocycles. The molecule has 3 aromatic rings. The lowest BCUT2D eigenvalue weighted by Crippen LogP contribution is -2.38. The van der Waals surface area contributed by atoms with Crippen LogP contribution in [0.3, 0.4) is 0 Å². The number of fused-ring (bicyclic) bond motifs is 1. The molecule has 4 unspecified atom stereocenters. The summed E-state index contributed by atoms with van der Waals surface area (Å²) in [5, 5.41) is 20.6. The van der Waals surface area contributed by atoms with Gasteiger partial charge in [-0.3, -0.25) is 4.57 Å². The van der Waals surface area contributed by atoms with Gasteiger partial charge in [-0.25, -0.2) is 4.98 Å². The maximum absolute atomic E-state index is 10.6. The molecular formula is C20H25N5O4. The number of nitrogens with zero attached hydrogens (tertiary/aromatic N) is 4. The van der Waals surface area contributed by atoms with E-state index in [1.54, 1.807) is 17.8 Å². The number of ether oxygens (including phenoxy) is 2. The molecule has 4 atom stereocenters. The summed E-state index contributed by atoms with van der Waals surface area (Å²) in [4.78, 5) is 12.9. The quantitative estimate of drug-likeness (QED) is 0.591. The second kappa shape index (κ2) is 7.25. The summed E-state index contributed by atoms with van der Waals surface area (Å²) in [5.41, 5.74) is 7.10. The molecule has 9 nitrogen and oxygen atoms in total. The van der Waals surface area contributed by atoms with Crippen LogP contribution in [0, 0.1) is 5.41 Å². The first-order valence-electron chi connectivity index (χ1n) is 9.47. The van der Waals surface area contributed by atoms with Crippen LogP contribution in [0.4, 0.5) is 5.95 Å². The number of rotatable bonds is 5. The van der Waals surface area contributed by atoms with Gasteiger partial charge in [0.2, 0.25) is 11.8 Å². The Morgan fingerprint density at radius 3 is 2.66 bits per heavy atom. The molecule has 1 fully saturated rings. The molecule has 1 aliphatic rings. The van der Waals surface area contributed by atoms with E-state index in [4.69, 9.17) is 15.2 Å². The van der Waals surface area contributed by atoms with Crippen LogP contribution in [0.5, 0.6) is 5.88 Å². The van der Waals surface area contributed by atoms with Gasteiger partial charge in [0.05, 0.1) is 18.5 Å². The van der Waals surface area contributed by atoms with Gasteiger partial charge in [-0.05, 0) is 12.5 Å². The SMILES string of the molecule is CC(O)C1OC(n2cnc3c(OCc4ccccc4)nc(N)nc32)C(C)(C)C1O. The number of imidazole rings is 1. The average molecular weight is 399 g/mol. The number of hydrogen-bond acceptors (Lipinski definition) is 8. The molecule has 1 aliphatic heterocycles. The van der Waals surface area contributed by atoms with Gasteiger partial charge in [0.25, 0.3) is 0 Å². The molecule has 4 rings (SSSR count). The first kappa shape index (κ1) is 19.6. The van der Waals surface area contributed by atoms with Crippen molar-refractivity contribution in [3.05, 3.63) is 42.2 Å². The Morgan fingerprint density at radius 2 is 2.00 bits per heavy atom. The summed E-state index contributed by atoms with van der Waals surface area (Å²) >= 11 is 0. The minimum Gasteiger partial charge on any atom is -0.471 e. The zero-order valence-corrected chi connectivity index (χ0v) is 16.6. The molecule has 0 aliphatic carbocycles. The average Bonchev–Trinajstić information content (AvgIpc) is 3.19. The summed E-state index contributed by atoms with van der Waals surface area (Å²) in [6.07, 6.45) is -1.44. The Kier molecular flexibility index (Phi) is 4.89. The van der Waals surface area contributed by atoms with Gasteiger partial charge in [-0.15, -0.1) is 0 Å². The Bertz CT molecular complexity index is 1000. The number of nitrogens with two attached hydrogens (primary N) is 1. The van der Waals surface area contributed by atoms with Gasteiger partial charge in [-0.2, -0.15) is 9.97 Å². The number of benzene rings is 1. The van der Waals surface area contributed by atoms with Crippen molar-refractivity contribution in [1.29, 1.82) is 0 Å². The van der Waals surface area contributed by atoms with Gasteiger partial charge >= 0.3 is 0 Å². The van der Waals surface area contributed by atoms with Crippen LogP contribution in [0.2, 0.25) is 0 Å². The lowest BCUT2D eigenvalue weighted by atomic mass is 9.83. The van der Waals surface area contributed by atoms with Crippen LogP contribution in [-0.2, 0) is 11.3 Å². The highest BCUT2D eigenvalue weighted by atomic mass is 16.5. The maximum Gasteiger partial charge on any atom is 0.247 e. The lowest BCUT2D eigenvalue weighted by Gasteiger charge is -2.28. The molecule has 1 aromatic carbocycles. The van der Waals surface area contributed by atoms with Crippen LogP contribution in [0.25, 0.3) is 11.2 Å². The Morgan fingerprint density at radius 1 is 1.28 bits per heavy atom. The fourth-order valence-corrected chi connectivity index (χ4v) is 3.67. The predicted molar refractivity (Wildman–Crippen MR) is 106 cm³/mol. The largest absolute Gasteiger partial charge is 0.471 e. The second-order valence-corrected chi connectivity index (χ2v) is 7.95. The van der Waals surface area contributed by atoms with E-state index in [0.717, 1.165) is 5.56 Å². The number of hydrogen-bond donors (Lipinski definition) is 3. The Labute approximate surface area is 168 Å². The van der Waals surface area contributed by atoms with E-state index >= 15 is 0 Å². The Hall–Kier alpha value is -2.75. The van der Waals surface area contributed by atoms with Crippen molar-refractivity contribution in [1.82, 2.24) is 19.5 Å². The van der Waals surface area contributed by atoms with Crippen molar-refractivity contribution in [2.24, 2.45) is 5.41 Å². The fourth-order valence-electron chi connectivity index (χ4n) is 3.67. The summed E-state index contributed by atoms with van der Waals surface area (Å²) in [6.45, 7) is 5.64. The van der Waals surface area contributed by atoms with Crippen LogP contribution in [-0.4, -0.2) is 48.0 Å². The molecular weight excluding hydrogens is 374 g/mol. The van der Waals surface area contributed by atoms with Gasteiger partial charge in [-0.1, -0.05) is 44.2 Å². The summed E-state index contributed by atoms with van der Waals surface area (Å²) in [7, 11) is 0. The van der Waals surface area contributed by atoms with Gasteiger partial charge in [0.1, 0.15) is 18.9 Å². The third-order valence-electron chi connectivity index (χ3n) is 5.35. The van der Waals surface area contributed by atoms with E-state index in [2.05, 4.69) is 15.0 Å². The monoisotopic (exact) mass is 399 g/mol. The van der Waals surface area contributed by atoms with Crippen LogP contribution in [0.15, 0.2) is 36.7 Å². The molecule has 2 aromatic heterocycles. The van der Waals surface area contributed by atoms with E-state index < -0.39 is 30.0 Å². The smallest absolute Gasteiger partial charge is 0.247 e. The van der Waals surface area contributed by atoms with E-state index in [1.165, 1.54) is 0 Å². The minimum atomic E-state index is -0.863. The molecule has 9 heteroatoms. The van der Waals surface area contributed by atoms with Gasteiger partial charge < -0.3 is 25.4 Å². The lowest BCUT2D eigenvalue weighted by molar-refractivity contribution is -0.0774. The number of aliphatic hydroxyl groups is 2. The molecule has 0 amide bonds. The van der Waals surface area contributed by atoms with Gasteiger partial charge in [0.15, 0.2) is 11.2 Å². The highest BCUT2D eigenvalue weighted by Gasteiger charge is 2.52. The zero-order valence-electron chi connectivity index (χ0n) is 16.6. The van der Waals surface area contributed by atoms with Crippen molar-refractivity contribution in [3.8, 4) is 5.88 Å². The highest BCUT2D eigenvalue weighted by Crippen LogP contribution is 2.46. The highest BCUT2D eigenvalue weighted by molar-refractivity contribution is 5.77. The summed E-state index contributed by atoms with van der Waals surface area (Å²) in [6, 6.07) is 9.70. The molecule has 0 radical (unpaired) electrons. The van der Waals surface area contributed by atoms with Crippen molar-refractivity contribution in [2.75, 3.05) is 5.73 Å². The molecule has 1 saturated heterocycles. The standard InChI is InChI=1S/C20H25N5O4/c1-11(26)14-15(27)20(2,3)18(29-14)25-10-22-13-16(25)23-19(21)24-17(13)28-9-12-7-5-4-6-8-12/h4-8,10-11,14-15,18,26-27H,9H2,1-3H3,(H2,21,23,24). The summed E-state index contributed by atoms with van der Waals surface area (Å²) in [5.74, 6) is 0.323. The number of aliphatic hydroxyl groups excluding tert-OH is 2. The van der Waals surface area contributed by atoms with Crippen LogP contribution < -0.4 is 10.5 Å². The number of aromatic nitrogens is 4. The van der Waals surface area contributed by atoms with Crippen LogP contribution in [0.1, 0.15) is 32.6 Å². The molecule has 154 valence electrons. The van der Waals surface area contributed by atoms with Gasteiger partial charge in [0, 0.05) is 5.41 Å². The van der Waals surface area contributed by atoms with Crippen molar-refractivity contribution < 1.29 is 19.7 Å². The van der Waals surface area contributed by atoms with Crippen molar-refractivity contribution in [2.45, 2.75) is 51.9 Å². The Balaban J connectivity index is 1.70. The zero-order chi connectivity index (χ0) is 20.8. The van der Waals surface area contributed by atoms with E-state index in [1.807, 2.05) is 44.2 Å². The van der Waals surface area contributed by atoms with Crippen LogP contribution >= 0.6 is 0 Å². The third kappa shape index (κ3) is 3.41. The molecule has 4 N–H and O–H groups in total. The number of nitrogen functional groups attached to an aromatic ring is 1. The normalized spacial score (nSPS) is 24.7. The second-order valence-electron chi connectivity index (χ2n) is 7.95. The topological polar surface area (TPSA) is 129 Å². The van der Waals surface area contributed by atoms with Crippen molar-refractivity contribution in [3.63, 3.8) is 0 Å². The summed E-state index contributed by atoms with van der Waals surface area (Å²) < 4.78 is 13.6. The van der Waals surface area contributed by atoms with Crippen molar-refractivity contribution >= 4 is 17.1 Å². The molecule has 0 saturated carbocycles. The minimum absolute atomic E-state index is 0.0470. The van der Waals surface area contributed by atoms with E-state index in [-0.39, 0.29) is 11.8 Å². The maximum atomic E-state index is 10.6. The first-order valence-corrected chi connectivity index (χ1v) is 9.47. The van der Waals surface area contributed by atoms with E-state index in [9.17, 15) is 10.2 Å². The molecule has 0 bridgehead atoms. The first-order chi connectivity index (χ1) is 13.8. The van der Waals surface area contributed by atoms with E-state index in [0.29, 0.717) is 17.8 Å². The fraction of sp³-hybridized carbons (Fsp3) is 0.450. The molecule has 29 heavy (non-hydrogen) atoms.